The molecule has 0 saturated heterocycles. The van der Waals surface area contributed by atoms with Crippen LogP contribution in [0.5, 0.6) is 0 Å². The number of carbonyl (C=O) groups excluding carboxylic acids is 1. The topological polar surface area (TPSA) is 68.9 Å². The fourth-order valence-corrected chi connectivity index (χ4v) is 2.74. The first kappa shape index (κ1) is 12.5. The van der Waals surface area contributed by atoms with Gasteiger partial charge >= 0.3 is 0 Å². The molecule has 0 spiro atoms. The smallest absolute Gasteiger partial charge is 0.251 e. The molecular weight excluding hydrogens is 270 g/mol. The molecule has 0 aliphatic heterocycles. The molecule has 0 aliphatic rings. The molecule has 2 aromatic heterocycles. The highest BCUT2D eigenvalue weighted by Gasteiger charge is 2.14. The minimum atomic E-state index is -0.496. The van der Waals surface area contributed by atoms with Crippen molar-refractivity contribution in [3.05, 3.63) is 59.6 Å². The van der Waals surface area contributed by atoms with Crippen LogP contribution in [0.15, 0.2) is 54.0 Å². The summed E-state index contributed by atoms with van der Waals surface area (Å²) in [5.74, 6) is -0.496. The maximum atomic E-state index is 11.4. The number of thiazole rings is 1. The lowest BCUT2D eigenvalue weighted by atomic mass is 10.1. The highest BCUT2D eigenvalue weighted by Crippen LogP contribution is 2.29. The Hall–Kier alpha value is -2.53. The summed E-state index contributed by atoms with van der Waals surface area (Å²) in [4.78, 5) is 20.2. The zero-order valence-electron chi connectivity index (χ0n) is 10.5. The highest BCUT2D eigenvalue weighted by atomic mass is 32.1. The van der Waals surface area contributed by atoms with Gasteiger partial charge in [-0.05, 0) is 12.1 Å². The molecule has 0 fully saturated rings. The Bertz CT molecular complexity index is 753. The van der Waals surface area contributed by atoms with Crippen molar-refractivity contribution in [2.24, 2.45) is 5.73 Å². The molecule has 5 heteroatoms. The molecule has 0 aliphatic carbocycles. The molecule has 2 N–H and O–H groups in total. The van der Waals surface area contributed by atoms with Crippen molar-refractivity contribution in [1.29, 1.82) is 0 Å². The normalized spacial score (nSPS) is 10.4. The van der Waals surface area contributed by atoms with Crippen LogP contribution in [-0.2, 0) is 0 Å². The van der Waals surface area contributed by atoms with E-state index in [2.05, 4.69) is 9.97 Å². The number of benzene rings is 1. The molecule has 0 unspecified atom stereocenters. The van der Waals surface area contributed by atoms with Crippen LogP contribution < -0.4 is 5.73 Å². The number of primary amides is 1. The molecule has 3 rings (SSSR count). The third-order valence-corrected chi connectivity index (χ3v) is 3.70. The van der Waals surface area contributed by atoms with Gasteiger partial charge in [0.05, 0.1) is 11.3 Å². The fraction of sp³-hybridized carbons (Fsp3) is 0. The van der Waals surface area contributed by atoms with E-state index in [1.54, 1.807) is 18.3 Å². The maximum absolute atomic E-state index is 11.4. The SMILES string of the molecule is NC(=O)c1cccnc1-c1nc(-c2ccccc2)cs1. The second kappa shape index (κ2) is 5.22. The van der Waals surface area contributed by atoms with Crippen LogP contribution in [0.2, 0.25) is 0 Å². The van der Waals surface area contributed by atoms with E-state index in [-0.39, 0.29) is 0 Å². The van der Waals surface area contributed by atoms with E-state index in [0.717, 1.165) is 11.3 Å². The minimum absolute atomic E-state index is 0.390. The Balaban J connectivity index is 2.05. The van der Waals surface area contributed by atoms with Gasteiger partial charge in [0.2, 0.25) is 0 Å². The molecule has 0 saturated carbocycles. The van der Waals surface area contributed by atoms with E-state index in [1.165, 1.54) is 11.3 Å². The average Bonchev–Trinajstić information content (AvgIpc) is 2.98. The van der Waals surface area contributed by atoms with Crippen molar-refractivity contribution >= 4 is 17.2 Å². The van der Waals surface area contributed by atoms with Crippen molar-refractivity contribution in [1.82, 2.24) is 9.97 Å². The summed E-state index contributed by atoms with van der Waals surface area (Å²) in [6.45, 7) is 0. The van der Waals surface area contributed by atoms with Crippen LogP contribution in [0.4, 0.5) is 0 Å². The summed E-state index contributed by atoms with van der Waals surface area (Å²) >= 11 is 1.45. The number of hydrogen-bond donors (Lipinski definition) is 1. The molecule has 0 bridgehead atoms. The molecule has 1 amide bonds. The number of rotatable bonds is 3. The number of aromatic nitrogens is 2. The lowest BCUT2D eigenvalue weighted by molar-refractivity contribution is 0.100. The standard InChI is InChI=1S/C15H11N3OS/c16-14(19)11-7-4-8-17-13(11)15-18-12(9-20-15)10-5-2-1-3-6-10/h1-9H,(H2,16,19). The molecule has 3 aromatic rings. The second-order valence-corrected chi connectivity index (χ2v) is 5.03. The van der Waals surface area contributed by atoms with Crippen molar-refractivity contribution < 1.29 is 4.79 Å². The number of nitrogens with zero attached hydrogens (tertiary/aromatic N) is 2. The molecular formula is C15H11N3OS. The summed E-state index contributed by atoms with van der Waals surface area (Å²) in [6, 6.07) is 13.2. The fourth-order valence-electron chi connectivity index (χ4n) is 1.90. The lowest BCUT2D eigenvalue weighted by Crippen LogP contribution is -2.12. The summed E-state index contributed by atoms with van der Waals surface area (Å²) < 4.78 is 0. The van der Waals surface area contributed by atoms with Gasteiger partial charge in [-0.2, -0.15) is 0 Å². The Morgan fingerprint density at radius 3 is 2.65 bits per heavy atom. The maximum Gasteiger partial charge on any atom is 0.251 e. The molecule has 0 radical (unpaired) electrons. The van der Waals surface area contributed by atoms with Gasteiger partial charge in [-0.1, -0.05) is 30.3 Å². The van der Waals surface area contributed by atoms with Gasteiger partial charge in [-0.15, -0.1) is 11.3 Å². The van der Waals surface area contributed by atoms with Crippen molar-refractivity contribution in [2.45, 2.75) is 0 Å². The highest BCUT2D eigenvalue weighted by molar-refractivity contribution is 7.13. The number of hydrogen-bond acceptors (Lipinski definition) is 4. The van der Waals surface area contributed by atoms with Gasteiger partial charge in [0.1, 0.15) is 10.7 Å². The van der Waals surface area contributed by atoms with Crippen LogP contribution >= 0.6 is 11.3 Å². The van der Waals surface area contributed by atoms with Crippen molar-refractivity contribution in [2.75, 3.05) is 0 Å². The largest absolute Gasteiger partial charge is 0.366 e. The van der Waals surface area contributed by atoms with Gasteiger partial charge in [-0.25, -0.2) is 4.98 Å². The molecule has 20 heavy (non-hydrogen) atoms. The monoisotopic (exact) mass is 281 g/mol. The Labute approximate surface area is 119 Å². The number of nitrogens with two attached hydrogens (primary N) is 1. The van der Waals surface area contributed by atoms with Crippen LogP contribution in [0.25, 0.3) is 22.0 Å². The predicted molar refractivity (Wildman–Crippen MR) is 79.3 cm³/mol. The molecule has 4 nitrogen and oxygen atoms in total. The van der Waals surface area contributed by atoms with E-state index < -0.39 is 5.91 Å². The van der Waals surface area contributed by atoms with Crippen molar-refractivity contribution in [3.63, 3.8) is 0 Å². The van der Waals surface area contributed by atoms with E-state index in [9.17, 15) is 4.79 Å². The van der Waals surface area contributed by atoms with Crippen LogP contribution in [0, 0.1) is 0 Å². The van der Waals surface area contributed by atoms with Gasteiger partial charge in [0, 0.05) is 17.1 Å². The molecule has 1 aromatic carbocycles. The molecule has 2 heterocycles. The van der Waals surface area contributed by atoms with Crippen molar-refractivity contribution in [3.8, 4) is 22.0 Å². The Morgan fingerprint density at radius 1 is 1.10 bits per heavy atom. The summed E-state index contributed by atoms with van der Waals surface area (Å²) in [6.07, 6.45) is 1.63. The van der Waals surface area contributed by atoms with Crippen LogP contribution in [-0.4, -0.2) is 15.9 Å². The minimum Gasteiger partial charge on any atom is -0.366 e. The van der Waals surface area contributed by atoms with E-state index >= 15 is 0 Å². The quantitative estimate of drug-likeness (QED) is 0.802. The van der Waals surface area contributed by atoms with Crippen LogP contribution in [0.1, 0.15) is 10.4 Å². The second-order valence-electron chi connectivity index (χ2n) is 4.17. The summed E-state index contributed by atoms with van der Waals surface area (Å²) in [5.41, 5.74) is 8.19. The summed E-state index contributed by atoms with van der Waals surface area (Å²) in [7, 11) is 0. The third kappa shape index (κ3) is 2.31. The summed E-state index contributed by atoms with van der Waals surface area (Å²) in [5, 5.41) is 2.64. The molecule has 98 valence electrons. The van der Waals surface area contributed by atoms with E-state index in [0.29, 0.717) is 16.3 Å². The number of amides is 1. The average molecular weight is 281 g/mol. The van der Waals surface area contributed by atoms with Gasteiger partial charge in [0.15, 0.2) is 0 Å². The third-order valence-electron chi connectivity index (χ3n) is 2.85. The lowest BCUT2D eigenvalue weighted by Gasteiger charge is -2.01. The number of carbonyl (C=O) groups is 1. The van der Waals surface area contributed by atoms with E-state index in [4.69, 9.17) is 5.73 Å². The zero-order chi connectivity index (χ0) is 13.9. The first-order valence-electron chi connectivity index (χ1n) is 6.02. The molecule has 0 atom stereocenters. The zero-order valence-corrected chi connectivity index (χ0v) is 11.3. The first-order chi connectivity index (χ1) is 9.75. The van der Waals surface area contributed by atoms with Gasteiger partial charge in [0.25, 0.3) is 5.91 Å². The van der Waals surface area contributed by atoms with E-state index in [1.807, 2.05) is 35.7 Å². The van der Waals surface area contributed by atoms with Crippen LogP contribution in [0.3, 0.4) is 0 Å². The number of pyridine rings is 1. The Morgan fingerprint density at radius 2 is 1.90 bits per heavy atom. The van der Waals surface area contributed by atoms with Gasteiger partial charge < -0.3 is 5.73 Å². The first-order valence-corrected chi connectivity index (χ1v) is 6.90. The predicted octanol–water partition coefficient (Wildman–Crippen LogP) is 2.97. The Kier molecular flexibility index (Phi) is 3.26. The van der Waals surface area contributed by atoms with Gasteiger partial charge in [-0.3, -0.25) is 9.78 Å².